The Morgan fingerprint density at radius 2 is 1.55 bits per heavy atom. The molecule has 1 unspecified atom stereocenters. The predicted octanol–water partition coefficient (Wildman–Crippen LogP) is 4.71. The number of hydrogen-bond donors (Lipinski definition) is 1. The minimum Gasteiger partial charge on any atom is -0.495 e. The van der Waals surface area contributed by atoms with E-state index in [1.165, 1.54) is 59.6 Å². The third-order valence-corrected chi connectivity index (χ3v) is 4.58. The van der Waals surface area contributed by atoms with Gasteiger partial charge in [0.1, 0.15) is 17.2 Å². The topological polar surface area (TPSA) is 108 Å². The smallest absolute Gasteiger partial charge is 0.258 e. The van der Waals surface area contributed by atoms with Gasteiger partial charge in [-0.2, -0.15) is 10.2 Å². The van der Waals surface area contributed by atoms with E-state index in [0.717, 1.165) is 0 Å². The second kappa shape index (κ2) is 10.8. The molecule has 0 aliphatic carbocycles. The predicted molar refractivity (Wildman–Crippen MR) is 117 cm³/mol. The number of hydrogen-bond acceptors (Lipinski definition) is 8. The Labute approximate surface area is 189 Å². The van der Waals surface area contributed by atoms with E-state index in [0.29, 0.717) is 21.5 Å². The number of azo groups is 1. The average Bonchev–Trinajstić information content (AvgIpc) is 2.73. The molecule has 0 aliphatic rings. The zero-order chi connectivity index (χ0) is 23.1. The summed E-state index contributed by atoms with van der Waals surface area (Å²) in [6.45, 7) is 1.22. The first kappa shape index (κ1) is 24.2. The fourth-order valence-corrected chi connectivity index (χ4v) is 3.02. The highest BCUT2D eigenvalue weighted by molar-refractivity contribution is 6.32. The average molecular weight is 470 g/mol. The van der Waals surface area contributed by atoms with Crippen molar-refractivity contribution in [1.29, 1.82) is 0 Å². The first-order valence-electron chi connectivity index (χ1n) is 8.80. The van der Waals surface area contributed by atoms with Crippen LogP contribution in [0.15, 0.2) is 34.5 Å². The van der Waals surface area contributed by atoms with Gasteiger partial charge in [-0.25, -0.2) is 0 Å². The molecule has 2 rings (SSSR count). The fourth-order valence-electron chi connectivity index (χ4n) is 2.58. The van der Waals surface area contributed by atoms with Gasteiger partial charge in [-0.05, 0) is 13.0 Å². The van der Waals surface area contributed by atoms with Crippen LogP contribution in [-0.2, 0) is 9.59 Å². The van der Waals surface area contributed by atoms with Crippen molar-refractivity contribution < 1.29 is 28.5 Å². The number of nitrogens with one attached hydrogen (secondary N) is 1. The van der Waals surface area contributed by atoms with E-state index in [9.17, 15) is 9.59 Å². The Hall–Kier alpha value is -3.04. The lowest BCUT2D eigenvalue weighted by Crippen LogP contribution is -2.32. The van der Waals surface area contributed by atoms with Gasteiger partial charge in [0.2, 0.25) is 6.04 Å². The standard InChI is InChI=1S/C20H21Cl2N3O6/c1-10(26)18(25-24-14-6-11(21)7-17(30-4)19(14)31-5)20(27)23-13-9-15(28-2)12(22)8-16(13)29-3/h6-9,18H,1-5H3,(H,23,27). The second-order valence-electron chi connectivity index (χ2n) is 6.07. The number of carbonyl (C=O) groups excluding carboxylic acids is 2. The maximum absolute atomic E-state index is 12.8. The van der Waals surface area contributed by atoms with Crippen molar-refractivity contribution in [3.8, 4) is 23.0 Å². The lowest BCUT2D eigenvalue weighted by Gasteiger charge is -2.15. The van der Waals surface area contributed by atoms with Crippen molar-refractivity contribution in [1.82, 2.24) is 0 Å². The van der Waals surface area contributed by atoms with Crippen molar-refractivity contribution in [2.45, 2.75) is 13.0 Å². The van der Waals surface area contributed by atoms with E-state index in [1.807, 2.05) is 0 Å². The third-order valence-electron chi connectivity index (χ3n) is 4.07. The lowest BCUT2D eigenvalue weighted by atomic mass is 10.2. The fraction of sp³-hybridized carbons (Fsp3) is 0.300. The molecule has 1 N–H and O–H groups in total. The van der Waals surface area contributed by atoms with Crippen LogP contribution in [0.2, 0.25) is 10.0 Å². The van der Waals surface area contributed by atoms with Crippen LogP contribution in [0.3, 0.4) is 0 Å². The van der Waals surface area contributed by atoms with Crippen LogP contribution in [0.25, 0.3) is 0 Å². The summed E-state index contributed by atoms with van der Waals surface area (Å²) >= 11 is 12.1. The minimum absolute atomic E-state index is 0.191. The monoisotopic (exact) mass is 469 g/mol. The van der Waals surface area contributed by atoms with Crippen LogP contribution in [0, 0.1) is 0 Å². The molecule has 9 nitrogen and oxygen atoms in total. The van der Waals surface area contributed by atoms with Crippen LogP contribution in [-0.4, -0.2) is 46.2 Å². The lowest BCUT2D eigenvalue weighted by molar-refractivity contribution is -0.126. The Morgan fingerprint density at radius 1 is 0.903 bits per heavy atom. The molecule has 0 radical (unpaired) electrons. The first-order valence-corrected chi connectivity index (χ1v) is 9.56. The molecule has 0 aromatic heterocycles. The number of benzene rings is 2. The van der Waals surface area contributed by atoms with E-state index in [2.05, 4.69) is 15.5 Å². The maximum Gasteiger partial charge on any atom is 0.258 e. The van der Waals surface area contributed by atoms with Crippen LogP contribution >= 0.6 is 23.2 Å². The highest BCUT2D eigenvalue weighted by Gasteiger charge is 2.25. The number of amides is 1. The molecule has 31 heavy (non-hydrogen) atoms. The molecular weight excluding hydrogens is 449 g/mol. The normalized spacial score (nSPS) is 11.7. The van der Waals surface area contributed by atoms with E-state index in [1.54, 1.807) is 0 Å². The molecule has 0 fully saturated rings. The van der Waals surface area contributed by atoms with Crippen LogP contribution in [0.5, 0.6) is 23.0 Å². The molecule has 11 heteroatoms. The number of rotatable bonds is 9. The van der Waals surface area contributed by atoms with Gasteiger partial charge in [0, 0.05) is 23.2 Å². The van der Waals surface area contributed by atoms with Crippen LogP contribution in [0.4, 0.5) is 11.4 Å². The Balaban J connectivity index is 2.37. The van der Waals surface area contributed by atoms with Gasteiger partial charge in [0.05, 0.1) is 39.1 Å². The summed E-state index contributed by atoms with van der Waals surface area (Å²) in [5.41, 5.74) is 0.439. The molecule has 1 atom stereocenters. The van der Waals surface area contributed by atoms with Gasteiger partial charge in [-0.15, -0.1) is 0 Å². The Morgan fingerprint density at radius 3 is 2.10 bits per heavy atom. The van der Waals surface area contributed by atoms with Gasteiger partial charge < -0.3 is 24.3 Å². The van der Waals surface area contributed by atoms with Crippen LogP contribution in [0.1, 0.15) is 6.92 Å². The SMILES string of the molecule is COc1cc(NC(=O)C(N=Nc2cc(Cl)cc(OC)c2OC)C(C)=O)c(OC)cc1Cl. The Kier molecular flexibility index (Phi) is 8.47. The van der Waals surface area contributed by atoms with Gasteiger partial charge in [-0.3, -0.25) is 9.59 Å². The van der Waals surface area contributed by atoms with Gasteiger partial charge in [0.15, 0.2) is 17.3 Å². The number of methoxy groups -OCH3 is 4. The number of nitrogens with zero attached hydrogens (tertiary/aromatic N) is 2. The quantitative estimate of drug-likeness (QED) is 0.420. The van der Waals surface area contributed by atoms with E-state index in [4.69, 9.17) is 42.1 Å². The summed E-state index contributed by atoms with van der Waals surface area (Å²) in [7, 11) is 5.70. The minimum atomic E-state index is -1.44. The molecule has 0 bridgehead atoms. The number of ketones is 1. The number of Topliss-reactive ketones (excluding diaryl/α,β-unsaturated/α-hetero) is 1. The zero-order valence-corrected chi connectivity index (χ0v) is 19.0. The highest BCUT2D eigenvalue weighted by atomic mass is 35.5. The summed E-state index contributed by atoms with van der Waals surface area (Å²) in [5.74, 6) is -0.0941. The summed E-state index contributed by atoms with van der Waals surface area (Å²) in [4.78, 5) is 24.9. The van der Waals surface area contributed by atoms with Gasteiger partial charge in [-0.1, -0.05) is 23.2 Å². The summed E-state index contributed by atoms with van der Waals surface area (Å²) in [5, 5.41) is 11.1. The van der Waals surface area contributed by atoms with Crippen molar-refractivity contribution in [2.24, 2.45) is 10.2 Å². The number of carbonyl (C=O) groups is 2. The molecule has 0 aliphatic heterocycles. The highest BCUT2D eigenvalue weighted by Crippen LogP contribution is 2.40. The first-order chi connectivity index (χ1) is 14.7. The third kappa shape index (κ3) is 5.77. The van der Waals surface area contributed by atoms with Crippen LogP contribution < -0.4 is 24.3 Å². The van der Waals surface area contributed by atoms with Gasteiger partial charge >= 0.3 is 0 Å². The van der Waals surface area contributed by atoms with Gasteiger partial charge in [0.25, 0.3) is 5.91 Å². The van der Waals surface area contributed by atoms with E-state index < -0.39 is 17.7 Å². The molecule has 2 aromatic rings. The van der Waals surface area contributed by atoms with E-state index in [-0.39, 0.29) is 22.9 Å². The molecule has 0 spiro atoms. The molecule has 1 amide bonds. The molecule has 0 saturated carbocycles. The van der Waals surface area contributed by atoms with Crippen molar-refractivity contribution in [3.05, 3.63) is 34.3 Å². The number of ether oxygens (including phenoxy) is 4. The number of halogens is 2. The summed E-state index contributed by atoms with van der Waals surface area (Å²) in [6.07, 6.45) is 0. The molecular formula is C20H21Cl2N3O6. The number of anilines is 1. The Bertz CT molecular complexity index is 1010. The van der Waals surface area contributed by atoms with Crippen molar-refractivity contribution in [2.75, 3.05) is 33.8 Å². The molecule has 0 saturated heterocycles. The second-order valence-corrected chi connectivity index (χ2v) is 6.91. The maximum atomic E-state index is 12.8. The van der Waals surface area contributed by atoms with E-state index >= 15 is 0 Å². The summed E-state index contributed by atoms with van der Waals surface area (Å²) < 4.78 is 20.9. The zero-order valence-electron chi connectivity index (χ0n) is 17.5. The largest absolute Gasteiger partial charge is 0.495 e. The molecule has 166 valence electrons. The summed E-state index contributed by atoms with van der Waals surface area (Å²) in [6, 6.07) is 4.51. The van der Waals surface area contributed by atoms with Crippen molar-refractivity contribution >= 4 is 46.3 Å². The van der Waals surface area contributed by atoms with Crippen molar-refractivity contribution in [3.63, 3.8) is 0 Å². The molecule has 0 heterocycles. The molecule has 2 aromatic carbocycles.